The SMILES string of the molecule is O=C(COc1cc(Cl)ccc1Cl)N[C@@H](c1ccccc1)c1ccc2nc[nH]c2c1. The average Bonchev–Trinajstić information content (AvgIpc) is 3.21. The van der Waals surface area contributed by atoms with E-state index in [1.54, 1.807) is 24.5 Å². The quantitative estimate of drug-likeness (QED) is 0.448. The highest BCUT2D eigenvalue weighted by molar-refractivity contribution is 6.34. The maximum absolute atomic E-state index is 12.7. The second kappa shape index (κ2) is 8.55. The number of hydrogen-bond donors (Lipinski definition) is 2. The van der Waals surface area contributed by atoms with Gasteiger partial charge in [-0.15, -0.1) is 0 Å². The minimum atomic E-state index is -0.338. The van der Waals surface area contributed by atoms with Crippen molar-refractivity contribution in [3.8, 4) is 5.75 Å². The molecular formula is C22H17Cl2N3O2. The molecule has 0 saturated carbocycles. The highest BCUT2D eigenvalue weighted by Gasteiger charge is 2.18. The van der Waals surface area contributed by atoms with Crippen molar-refractivity contribution in [3.63, 3.8) is 0 Å². The largest absolute Gasteiger partial charge is 0.482 e. The highest BCUT2D eigenvalue weighted by Crippen LogP contribution is 2.28. The minimum Gasteiger partial charge on any atom is -0.482 e. The maximum atomic E-state index is 12.7. The van der Waals surface area contributed by atoms with E-state index in [-0.39, 0.29) is 18.6 Å². The van der Waals surface area contributed by atoms with Crippen LogP contribution in [0, 0.1) is 0 Å². The van der Waals surface area contributed by atoms with Gasteiger partial charge >= 0.3 is 0 Å². The van der Waals surface area contributed by atoms with E-state index in [1.165, 1.54) is 0 Å². The number of nitrogens with zero attached hydrogens (tertiary/aromatic N) is 1. The van der Waals surface area contributed by atoms with Crippen LogP contribution in [0.2, 0.25) is 10.0 Å². The van der Waals surface area contributed by atoms with Crippen LogP contribution in [-0.2, 0) is 4.79 Å². The first kappa shape index (κ1) is 19.3. The Balaban J connectivity index is 1.55. The Morgan fingerprint density at radius 3 is 2.69 bits per heavy atom. The molecule has 0 fully saturated rings. The molecule has 7 heteroatoms. The molecule has 3 aromatic carbocycles. The zero-order valence-electron chi connectivity index (χ0n) is 15.2. The van der Waals surface area contributed by atoms with Gasteiger partial charge in [0.15, 0.2) is 6.61 Å². The number of halogens is 2. The Hall–Kier alpha value is -3.02. The molecule has 2 N–H and O–H groups in total. The number of nitrogens with one attached hydrogen (secondary N) is 2. The summed E-state index contributed by atoms with van der Waals surface area (Å²) in [5, 5.41) is 3.92. The van der Waals surface area contributed by atoms with Gasteiger partial charge in [0.2, 0.25) is 0 Å². The van der Waals surface area contributed by atoms with E-state index in [0.29, 0.717) is 15.8 Å². The average molecular weight is 426 g/mol. The molecule has 0 saturated heterocycles. The number of benzene rings is 3. The number of aromatic amines is 1. The molecule has 0 radical (unpaired) electrons. The Morgan fingerprint density at radius 2 is 1.86 bits per heavy atom. The van der Waals surface area contributed by atoms with Crippen LogP contribution in [0.3, 0.4) is 0 Å². The van der Waals surface area contributed by atoms with Crippen molar-refractivity contribution in [1.29, 1.82) is 0 Å². The van der Waals surface area contributed by atoms with Crippen LogP contribution < -0.4 is 10.1 Å². The zero-order valence-corrected chi connectivity index (χ0v) is 16.7. The number of H-pyrrole nitrogens is 1. The molecule has 0 bridgehead atoms. The second-order valence-corrected chi connectivity index (χ2v) is 7.30. The van der Waals surface area contributed by atoms with Crippen molar-refractivity contribution in [2.24, 2.45) is 0 Å². The van der Waals surface area contributed by atoms with E-state index in [2.05, 4.69) is 15.3 Å². The summed E-state index contributed by atoms with van der Waals surface area (Å²) in [5.74, 6) is 0.0871. The molecule has 1 heterocycles. The topological polar surface area (TPSA) is 67.0 Å². The van der Waals surface area contributed by atoms with Gasteiger partial charge < -0.3 is 15.0 Å². The van der Waals surface area contributed by atoms with Crippen LogP contribution in [-0.4, -0.2) is 22.5 Å². The molecule has 29 heavy (non-hydrogen) atoms. The van der Waals surface area contributed by atoms with Crippen molar-refractivity contribution in [2.75, 3.05) is 6.61 Å². The Morgan fingerprint density at radius 1 is 1.03 bits per heavy atom. The van der Waals surface area contributed by atoms with E-state index >= 15 is 0 Å². The van der Waals surface area contributed by atoms with E-state index in [0.717, 1.165) is 22.2 Å². The van der Waals surface area contributed by atoms with Crippen LogP contribution >= 0.6 is 23.2 Å². The summed E-state index contributed by atoms with van der Waals surface area (Å²) in [5.41, 5.74) is 3.66. The predicted octanol–water partition coefficient (Wildman–Crippen LogP) is 5.15. The van der Waals surface area contributed by atoms with Gasteiger partial charge in [0, 0.05) is 11.1 Å². The van der Waals surface area contributed by atoms with E-state index in [1.807, 2.05) is 48.5 Å². The fourth-order valence-electron chi connectivity index (χ4n) is 3.07. The van der Waals surface area contributed by atoms with Crippen molar-refractivity contribution >= 4 is 40.1 Å². The van der Waals surface area contributed by atoms with Crippen molar-refractivity contribution in [1.82, 2.24) is 15.3 Å². The first-order valence-electron chi connectivity index (χ1n) is 8.95. The van der Waals surface area contributed by atoms with Crippen LogP contribution in [0.1, 0.15) is 17.2 Å². The Labute approximate surface area is 177 Å². The molecule has 1 atom stereocenters. The summed E-state index contributed by atoms with van der Waals surface area (Å²) in [6.45, 7) is -0.185. The number of hydrogen-bond acceptors (Lipinski definition) is 3. The number of rotatable bonds is 6. The zero-order chi connectivity index (χ0) is 20.2. The lowest BCUT2D eigenvalue weighted by atomic mass is 9.98. The van der Waals surface area contributed by atoms with Gasteiger partial charge in [-0.1, -0.05) is 59.6 Å². The number of carbonyl (C=O) groups excluding carboxylic acids is 1. The third-order valence-corrected chi connectivity index (χ3v) is 5.02. The summed E-state index contributed by atoms with van der Waals surface area (Å²) in [4.78, 5) is 20.0. The number of aromatic nitrogens is 2. The molecule has 1 aromatic heterocycles. The third kappa shape index (κ3) is 4.53. The lowest BCUT2D eigenvalue weighted by Crippen LogP contribution is -2.33. The number of carbonyl (C=O) groups is 1. The molecule has 5 nitrogen and oxygen atoms in total. The summed E-state index contributed by atoms with van der Waals surface area (Å²) >= 11 is 12.1. The van der Waals surface area contributed by atoms with E-state index in [9.17, 15) is 4.79 Å². The van der Waals surface area contributed by atoms with Gasteiger partial charge in [0.25, 0.3) is 5.91 Å². The maximum Gasteiger partial charge on any atom is 0.258 e. The van der Waals surface area contributed by atoms with E-state index < -0.39 is 0 Å². The van der Waals surface area contributed by atoms with E-state index in [4.69, 9.17) is 27.9 Å². The van der Waals surface area contributed by atoms with Gasteiger partial charge in [0.05, 0.1) is 28.4 Å². The fraction of sp³-hybridized carbons (Fsp3) is 0.0909. The number of ether oxygens (including phenoxy) is 1. The molecule has 146 valence electrons. The smallest absolute Gasteiger partial charge is 0.258 e. The van der Waals surface area contributed by atoms with Gasteiger partial charge in [0.1, 0.15) is 5.75 Å². The second-order valence-electron chi connectivity index (χ2n) is 6.45. The number of imidazole rings is 1. The van der Waals surface area contributed by atoms with Gasteiger partial charge in [-0.3, -0.25) is 4.79 Å². The van der Waals surface area contributed by atoms with Crippen molar-refractivity contribution in [3.05, 3.63) is 94.2 Å². The molecule has 1 amide bonds. The summed E-state index contributed by atoms with van der Waals surface area (Å²) in [7, 11) is 0. The monoisotopic (exact) mass is 425 g/mol. The normalized spacial score (nSPS) is 11.9. The molecule has 0 aliphatic heterocycles. The number of amides is 1. The van der Waals surface area contributed by atoms with Gasteiger partial charge in [-0.25, -0.2) is 4.98 Å². The third-order valence-electron chi connectivity index (χ3n) is 4.47. The highest BCUT2D eigenvalue weighted by atomic mass is 35.5. The van der Waals surface area contributed by atoms with Gasteiger partial charge in [-0.05, 0) is 35.4 Å². The van der Waals surface area contributed by atoms with Crippen LogP contribution in [0.5, 0.6) is 5.75 Å². The van der Waals surface area contributed by atoms with Crippen molar-refractivity contribution < 1.29 is 9.53 Å². The van der Waals surface area contributed by atoms with Crippen molar-refractivity contribution in [2.45, 2.75) is 6.04 Å². The Kier molecular flexibility index (Phi) is 5.69. The molecule has 4 rings (SSSR count). The standard InChI is InChI=1S/C22H17Cl2N3O2/c23-16-7-8-17(24)20(11-16)29-12-21(28)27-22(14-4-2-1-3-5-14)15-6-9-18-19(10-15)26-13-25-18/h1-11,13,22H,12H2,(H,25,26)(H,27,28)/t22-/m0/s1. The molecule has 0 aliphatic rings. The first-order valence-corrected chi connectivity index (χ1v) is 9.71. The first-order chi connectivity index (χ1) is 14.1. The van der Waals surface area contributed by atoms with Gasteiger partial charge in [-0.2, -0.15) is 0 Å². The summed E-state index contributed by atoms with van der Waals surface area (Å²) in [6.07, 6.45) is 1.65. The Bertz CT molecular complexity index is 1150. The number of fused-ring (bicyclic) bond motifs is 1. The molecule has 0 aliphatic carbocycles. The fourth-order valence-corrected chi connectivity index (χ4v) is 3.41. The molecular weight excluding hydrogens is 409 g/mol. The predicted molar refractivity (Wildman–Crippen MR) is 114 cm³/mol. The minimum absolute atomic E-state index is 0.185. The summed E-state index contributed by atoms with van der Waals surface area (Å²) in [6, 6.07) is 20.1. The molecule has 0 spiro atoms. The van der Waals surface area contributed by atoms with Crippen LogP contribution in [0.4, 0.5) is 0 Å². The van der Waals surface area contributed by atoms with Crippen LogP contribution in [0.25, 0.3) is 11.0 Å². The summed E-state index contributed by atoms with van der Waals surface area (Å²) < 4.78 is 5.57. The molecule has 0 unspecified atom stereocenters. The lowest BCUT2D eigenvalue weighted by molar-refractivity contribution is -0.123. The molecule has 4 aromatic rings. The van der Waals surface area contributed by atoms with Crippen LogP contribution in [0.15, 0.2) is 73.1 Å². The lowest BCUT2D eigenvalue weighted by Gasteiger charge is -2.20.